The summed E-state index contributed by atoms with van der Waals surface area (Å²) in [7, 11) is 3.01. The lowest BCUT2D eigenvalue weighted by molar-refractivity contribution is -0.117. The number of rotatable bonds is 8. The number of anilines is 2. The van der Waals surface area contributed by atoms with Gasteiger partial charge >= 0.3 is 0 Å². The Bertz CT molecular complexity index is 1320. The molecule has 0 fully saturated rings. The number of benzene rings is 2. The molecule has 1 amide bonds. The van der Waals surface area contributed by atoms with Crippen LogP contribution in [0, 0.1) is 5.82 Å². The fraction of sp³-hybridized carbons (Fsp3) is 0.167. The molecule has 0 bridgehead atoms. The van der Waals surface area contributed by atoms with Gasteiger partial charge in [0, 0.05) is 49.4 Å². The molecule has 8 nitrogen and oxygen atoms in total. The van der Waals surface area contributed by atoms with Crippen molar-refractivity contribution in [2.45, 2.75) is 12.8 Å². The number of ketones is 1. The van der Waals surface area contributed by atoms with E-state index in [0.717, 1.165) is 5.56 Å². The Morgan fingerprint density at radius 1 is 1.09 bits per heavy atom. The van der Waals surface area contributed by atoms with Crippen molar-refractivity contribution in [3.63, 3.8) is 0 Å². The Kier molecular flexibility index (Phi) is 6.30. The fourth-order valence-electron chi connectivity index (χ4n) is 3.57. The zero-order valence-corrected chi connectivity index (χ0v) is 18.1. The van der Waals surface area contributed by atoms with Crippen LogP contribution >= 0.6 is 0 Å². The number of nitrogens with zero attached hydrogens (tertiary/aromatic N) is 2. The van der Waals surface area contributed by atoms with Gasteiger partial charge in [0.05, 0.1) is 30.1 Å². The van der Waals surface area contributed by atoms with Crippen molar-refractivity contribution >= 4 is 34.0 Å². The minimum Gasteiger partial charge on any atom is -0.496 e. The van der Waals surface area contributed by atoms with E-state index in [1.165, 1.54) is 20.2 Å². The lowest BCUT2D eigenvalue weighted by Gasteiger charge is -2.14. The van der Waals surface area contributed by atoms with Crippen LogP contribution in [0.3, 0.4) is 0 Å². The number of Topliss-reactive ketones (excluding diaryl/α,β-unsaturated/α-hetero) is 1. The van der Waals surface area contributed by atoms with Crippen molar-refractivity contribution in [2.75, 3.05) is 19.5 Å². The van der Waals surface area contributed by atoms with Gasteiger partial charge in [-0.15, -0.1) is 0 Å². The molecule has 3 N–H and O–H groups in total. The Morgan fingerprint density at radius 2 is 1.91 bits per heavy atom. The second kappa shape index (κ2) is 9.47. The van der Waals surface area contributed by atoms with Crippen LogP contribution in [0.5, 0.6) is 5.75 Å². The fourth-order valence-corrected chi connectivity index (χ4v) is 3.57. The number of hydrogen-bond donors (Lipinski definition) is 3. The Balaban J connectivity index is 1.58. The first-order valence-corrected chi connectivity index (χ1v) is 10.2. The Morgan fingerprint density at radius 3 is 2.61 bits per heavy atom. The standard InChI is InChI=1S/C24H22FN5O3/c1-26-24(32)18-10-17-20(5-6-27-22(17)11-23(18)33-2)30-21-4-3-14(9-19(21)25)7-16(31)8-15-12-28-29-13-15/h3-6,9-13H,7-8H2,1-2H3,(H,26,32)(H,27,30)(H,28,29). The zero-order valence-electron chi connectivity index (χ0n) is 18.1. The van der Waals surface area contributed by atoms with Crippen LogP contribution in [0.1, 0.15) is 21.5 Å². The molecule has 4 rings (SSSR count). The number of nitrogens with one attached hydrogen (secondary N) is 3. The van der Waals surface area contributed by atoms with Gasteiger partial charge in [0.2, 0.25) is 0 Å². The Labute approximate surface area is 189 Å². The molecule has 168 valence electrons. The second-order valence-electron chi connectivity index (χ2n) is 7.45. The summed E-state index contributed by atoms with van der Waals surface area (Å²) in [6.45, 7) is 0. The van der Waals surface area contributed by atoms with E-state index in [9.17, 15) is 14.0 Å². The van der Waals surface area contributed by atoms with Gasteiger partial charge in [-0.25, -0.2) is 4.39 Å². The first-order chi connectivity index (χ1) is 16.0. The molecule has 2 aromatic carbocycles. The highest BCUT2D eigenvalue weighted by atomic mass is 19.1. The van der Waals surface area contributed by atoms with Crippen molar-refractivity contribution < 1.29 is 18.7 Å². The third kappa shape index (κ3) is 4.82. The SMILES string of the molecule is CNC(=O)c1cc2c(Nc3ccc(CC(=O)Cc4cn[nH]c4)cc3F)ccnc2cc1OC. The van der Waals surface area contributed by atoms with Crippen LogP contribution in [-0.2, 0) is 17.6 Å². The highest BCUT2D eigenvalue weighted by Gasteiger charge is 2.16. The van der Waals surface area contributed by atoms with Gasteiger partial charge < -0.3 is 15.4 Å². The van der Waals surface area contributed by atoms with Crippen LogP contribution in [-0.4, -0.2) is 41.0 Å². The molecule has 0 aliphatic heterocycles. The van der Waals surface area contributed by atoms with E-state index < -0.39 is 5.82 Å². The summed E-state index contributed by atoms with van der Waals surface area (Å²) in [6.07, 6.45) is 5.20. The monoisotopic (exact) mass is 447 g/mol. The molecular weight excluding hydrogens is 425 g/mol. The number of aromatic nitrogens is 3. The topological polar surface area (TPSA) is 109 Å². The van der Waals surface area contributed by atoms with Gasteiger partial charge in [0.25, 0.3) is 5.91 Å². The van der Waals surface area contributed by atoms with Crippen LogP contribution in [0.4, 0.5) is 15.8 Å². The number of aromatic amines is 1. The van der Waals surface area contributed by atoms with Crippen LogP contribution in [0.25, 0.3) is 10.9 Å². The summed E-state index contributed by atoms with van der Waals surface area (Å²) < 4.78 is 20.2. The molecule has 0 radical (unpaired) electrons. The number of ether oxygens (including phenoxy) is 1. The minimum atomic E-state index is -0.492. The van der Waals surface area contributed by atoms with Crippen LogP contribution in [0.2, 0.25) is 0 Å². The van der Waals surface area contributed by atoms with Crippen LogP contribution in [0.15, 0.2) is 55.0 Å². The molecule has 4 aromatic rings. The maximum Gasteiger partial charge on any atom is 0.254 e. The van der Waals surface area contributed by atoms with Gasteiger partial charge in [-0.05, 0) is 35.4 Å². The molecule has 0 aliphatic rings. The molecule has 9 heteroatoms. The molecule has 0 unspecified atom stereocenters. The zero-order chi connectivity index (χ0) is 23.4. The molecular formula is C24H22FN5O3. The molecule has 0 atom stereocenters. The number of pyridine rings is 1. The molecule has 0 aliphatic carbocycles. The number of methoxy groups -OCH3 is 1. The number of fused-ring (bicyclic) bond motifs is 1. The largest absolute Gasteiger partial charge is 0.496 e. The summed E-state index contributed by atoms with van der Waals surface area (Å²) in [6, 6.07) is 9.66. The van der Waals surface area contributed by atoms with E-state index in [1.807, 2.05) is 0 Å². The lowest BCUT2D eigenvalue weighted by atomic mass is 10.0. The molecule has 2 heterocycles. The van der Waals surface area contributed by atoms with Crippen LogP contribution < -0.4 is 15.4 Å². The van der Waals surface area contributed by atoms with Gasteiger partial charge in [0.15, 0.2) is 0 Å². The van der Waals surface area contributed by atoms with Crippen molar-refractivity contribution in [2.24, 2.45) is 0 Å². The van der Waals surface area contributed by atoms with Gasteiger partial charge in [0.1, 0.15) is 17.3 Å². The van der Waals surface area contributed by atoms with Gasteiger partial charge in [-0.2, -0.15) is 5.10 Å². The second-order valence-corrected chi connectivity index (χ2v) is 7.45. The number of hydrogen-bond acceptors (Lipinski definition) is 6. The van der Waals surface area contributed by atoms with Crippen molar-refractivity contribution in [1.29, 1.82) is 0 Å². The molecule has 0 spiro atoms. The molecule has 0 saturated carbocycles. The van der Waals surface area contributed by atoms with Crippen molar-refractivity contribution in [1.82, 2.24) is 20.5 Å². The highest BCUT2D eigenvalue weighted by Crippen LogP contribution is 2.32. The maximum atomic E-state index is 14.9. The maximum absolute atomic E-state index is 14.9. The number of amides is 1. The van der Waals surface area contributed by atoms with Crippen molar-refractivity contribution in [3.05, 3.63) is 77.5 Å². The summed E-state index contributed by atoms with van der Waals surface area (Å²) in [5.74, 6) is -0.442. The smallest absolute Gasteiger partial charge is 0.254 e. The molecule has 33 heavy (non-hydrogen) atoms. The average molecular weight is 447 g/mol. The first-order valence-electron chi connectivity index (χ1n) is 10.2. The number of halogens is 1. The highest BCUT2D eigenvalue weighted by molar-refractivity contribution is 6.04. The minimum absolute atomic E-state index is 0.0349. The molecule has 0 saturated heterocycles. The van der Waals surface area contributed by atoms with E-state index in [4.69, 9.17) is 4.74 Å². The van der Waals surface area contributed by atoms with E-state index >= 15 is 0 Å². The molecule has 2 aromatic heterocycles. The first kappa shape index (κ1) is 21.9. The normalized spacial score (nSPS) is 10.8. The quantitative estimate of drug-likeness (QED) is 0.381. The Hall–Kier alpha value is -4.27. The van der Waals surface area contributed by atoms with Crippen molar-refractivity contribution in [3.8, 4) is 5.75 Å². The third-order valence-corrected chi connectivity index (χ3v) is 5.19. The predicted molar refractivity (Wildman–Crippen MR) is 122 cm³/mol. The van der Waals surface area contributed by atoms with Gasteiger partial charge in [-0.3, -0.25) is 19.7 Å². The summed E-state index contributed by atoms with van der Waals surface area (Å²) in [4.78, 5) is 28.8. The van der Waals surface area contributed by atoms with E-state index in [-0.39, 0.29) is 30.2 Å². The van der Waals surface area contributed by atoms with E-state index in [0.29, 0.717) is 33.5 Å². The average Bonchev–Trinajstić information content (AvgIpc) is 3.32. The predicted octanol–water partition coefficient (Wildman–Crippen LogP) is 3.56. The lowest BCUT2D eigenvalue weighted by Crippen LogP contribution is -2.18. The van der Waals surface area contributed by atoms with Gasteiger partial charge in [-0.1, -0.05) is 6.07 Å². The summed E-state index contributed by atoms with van der Waals surface area (Å²) >= 11 is 0. The summed E-state index contributed by atoms with van der Waals surface area (Å²) in [5, 5.41) is 12.8. The third-order valence-electron chi connectivity index (χ3n) is 5.19. The number of carbonyl (C=O) groups is 2. The summed E-state index contributed by atoms with van der Waals surface area (Å²) in [5.41, 5.74) is 3.12. The van der Waals surface area contributed by atoms with E-state index in [2.05, 4.69) is 25.8 Å². The number of carbonyl (C=O) groups excluding carboxylic acids is 2. The van der Waals surface area contributed by atoms with E-state index in [1.54, 1.807) is 48.9 Å². The number of H-pyrrole nitrogens is 1.